The Balaban J connectivity index is 1.89. The van der Waals surface area contributed by atoms with Gasteiger partial charge < -0.3 is 4.74 Å². The molecule has 0 aromatic heterocycles. The molecule has 0 heterocycles. The van der Waals surface area contributed by atoms with E-state index >= 15 is 0 Å². The molecule has 0 amide bonds. The highest BCUT2D eigenvalue weighted by Gasteiger charge is 2.27. The van der Waals surface area contributed by atoms with Crippen LogP contribution in [0, 0.1) is 17.0 Å². The number of nitro groups is 1. The Labute approximate surface area is 161 Å². The Kier molecular flexibility index (Phi) is 5.60. The molecular formula is C22H17NO5. The summed E-state index contributed by atoms with van der Waals surface area (Å²) in [5, 5.41) is 10.8. The van der Waals surface area contributed by atoms with Crippen molar-refractivity contribution >= 4 is 17.4 Å². The number of ether oxygens (including phenoxy) is 1. The lowest BCUT2D eigenvalue weighted by Gasteiger charge is -2.17. The first kappa shape index (κ1) is 19.0. The van der Waals surface area contributed by atoms with E-state index in [0.717, 1.165) is 5.56 Å². The maximum absolute atomic E-state index is 13.0. The van der Waals surface area contributed by atoms with Gasteiger partial charge in [-0.05, 0) is 19.1 Å². The van der Waals surface area contributed by atoms with Crippen molar-refractivity contribution in [2.45, 2.75) is 13.0 Å². The molecule has 140 valence electrons. The van der Waals surface area contributed by atoms with Crippen LogP contribution in [0.5, 0.6) is 0 Å². The van der Waals surface area contributed by atoms with Gasteiger partial charge in [0, 0.05) is 23.3 Å². The van der Waals surface area contributed by atoms with E-state index in [1.807, 2.05) is 19.1 Å². The minimum Gasteiger partial charge on any atom is -0.445 e. The number of carbonyl (C=O) groups is 2. The number of nitro benzene ring substituents is 1. The summed E-state index contributed by atoms with van der Waals surface area (Å²) in [7, 11) is 0. The summed E-state index contributed by atoms with van der Waals surface area (Å²) < 4.78 is 5.51. The lowest BCUT2D eigenvalue weighted by Crippen LogP contribution is -2.20. The van der Waals surface area contributed by atoms with Crippen LogP contribution in [0.15, 0.2) is 78.9 Å². The Morgan fingerprint density at radius 1 is 0.857 bits per heavy atom. The maximum atomic E-state index is 13.0. The van der Waals surface area contributed by atoms with Crippen LogP contribution in [0.2, 0.25) is 0 Å². The van der Waals surface area contributed by atoms with Gasteiger partial charge >= 0.3 is 5.97 Å². The van der Waals surface area contributed by atoms with Crippen molar-refractivity contribution in [1.29, 1.82) is 0 Å². The summed E-state index contributed by atoms with van der Waals surface area (Å²) in [4.78, 5) is 35.8. The van der Waals surface area contributed by atoms with E-state index < -0.39 is 17.0 Å². The fourth-order valence-corrected chi connectivity index (χ4v) is 2.66. The van der Waals surface area contributed by atoms with Crippen molar-refractivity contribution in [3.63, 3.8) is 0 Å². The van der Waals surface area contributed by atoms with Crippen molar-refractivity contribution in [2.75, 3.05) is 0 Å². The number of benzene rings is 3. The first-order chi connectivity index (χ1) is 13.5. The van der Waals surface area contributed by atoms with E-state index in [1.165, 1.54) is 24.3 Å². The molecule has 3 aromatic carbocycles. The van der Waals surface area contributed by atoms with Gasteiger partial charge in [0.1, 0.15) is 0 Å². The minimum absolute atomic E-state index is 0.128. The second kappa shape index (κ2) is 8.26. The average molecular weight is 375 g/mol. The Morgan fingerprint density at radius 2 is 1.43 bits per heavy atom. The highest BCUT2D eigenvalue weighted by molar-refractivity contribution is 6.02. The largest absolute Gasteiger partial charge is 0.445 e. The summed E-state index contributed by atoms with van der Waals surface area (Å²) in [6, 6.07) is 20.8. The van der Waals surface area contributed by atoms with Gasteiger partial charge in [-0.1, -0.05) is 60.2 Å². The summed E-state index contributed by atoms with van der Waals surface area (Å²) in [5.74, 6) is -1.08. The van der Waals surface area contributed by atoms with Crippen LogP contribution in [0.25, 0.3) is 0 Å². The number of esters is 1. The molecule has 3 aromatic rings. The molecule has 3 rings (SSSR count). The second-order valence-electron chi connectivity index (χ2n) is 6.23. The van der Waals surface area contributed by atoms with E-state index in [1.54, 1.807) is 42.5 Å². The van der Waals surface area contributed by atoms with Crippen molar-refractivity contribution < 1.29 is 19.2 Å². The maximum Gasteiger partial charge on any atom is 0.339 e. The monoisotopic (exact) mass is 375 g/mol. The number of hydrogen-bond acceptors (Lipinski definition) is 5. The molecule has 0 unspecified atom stereocenters. The van der Waals surface area contributed by atoms with Crippen LogP contribution in [-0.4, -0.2) is 16.7 Å². The van der Waals surface area contributed by atoms with Crippen LogP contribution < -0.4 is 0 Å². The first-order valence-corrected chi connectivity index (χ1v) is 8.57. The molecule has 0 saturated heterocycles. The smallest absolute Gasteiger partial charge is 0.339 e. The van der Waals surface area contributed by atoms with Crippen molar-refractivity contribution in [1.82, 2.24) is 0 Å². The molecule has 0 aliphatic rings. The van der Waals surface area contributed by atoms with E-state index in [0.29, 0.717) is 11.1 Å². The lowest BCUT2D eigenvalue weighted by atomic mass is 9.99. The van der Waals surface area contributed by atoms with Gasteiger partial charge in [-0.25, -0.2) is 4.79 Å². The van der Waals surface area contributed by atoms with Gasteiger partial charge in [-0.15, -0.1) is 0 Å². The van der Waals surface area contributed by atoms with Gasteiger partial charge in [0.25, 0.3) is 5.69 Å². The molecule has 28 heavy (non-hydrogen) atoms. The summed E-state index contributed by atoms with van der Waals surface area (Å²) in [5.41, 5.74) is 1.98. The fraction of sp³-hybridized carbons (Fsp3) is 0.0909. The quantitative estimate of drug-likeness (QED) is 0.270. The minimum atomic E-state index is -1.12. The van der Waals surface area contributed by atoms with Gasteiger partial charge in [-0.3, -0.25) is 14.9 Å². The first-order valence-electron chi connectivity index (χ1n) is 8.57. The molecule has 0 saturated carbocycles. The molecule has 0 fully saturated rings. The predicted molar refractivity (Wildman–Crippen MR) is 103 cm³/mol. The molecular weight excluding hydrogens is 358 g/mol. The Hall–Kier alpha value is -3.80. The van der Waals surface area contributed by atoms with Crippen molar-refractivity contribution in [3.8, 4) is 0 Å². The fourth-order valence-electron chi connectivity index (χ4n) is 2.66. The summed E-state index contributed by atoms with van der Waals surface area (Å²) in [6.45, 7) is 1.91. The van der Waals surface area contributed by atoms with Gasteiger partial charge in [-0.2, -0.15) is 0 Å². The summed E-state index contributed by atoms with van der Waals surface area (Å²) in [6.07, 6.45) is -1.12. The second-order valence-corrected chi connectivity index (χ2v) is 6.23. The number of aryl methyl sites for hydroxylation is 1. The highest BCUT2D eigenvalue weighted by Crippen LogP contribution is 2.25. The van der Waals surface area contributed by atoms with Crippen molar-refractivity contribution in [2.24, 2.45) is 0 Å². The van der Waals surface area contributed by atoms with Gasteiger partial charge in [0.15, 0.2) is 6.10 Å². The van der Waals surface area contributed by atoms with Crippen molar-refractivity contribution in [3.05, 3.63) is 111 Å². The zero-order valence-corrected chi connectivity index (χ0v) is 15.1. The molecule has 0 spiro atoms. The van der Waals surface area contributed by atoms with E-state index in [9.17, 15) is 19.7 Å². The van der Waals surface area contributed by atoms with Crippen LogP contribution >= 0.6 is 0 Å². The number of hydrogen-bond donors (Lipinski definition) is 0. The number of non-ortho nitro benzene ring substituents is 1. The van der Waals surface area contributed by atoms with E-state index in [4.69, 9.17) is 4.74 Å². The van der Waals surface area contributed by atoms with E-state index in [-0.39, 0.29) is 17.0 Å². The van der Waals surface area contributed by atoms with E-state index in [2.05, 4.69) is 0 Å². The zero-order chi connectivity index (χ0) is 20.1. The third-order valence-corrected chi connectivity index (χ3v) is 4.22. The molecule has 0 radical (unpaired) electrons. The van der Waals surface area contributed by atoms with Gasteiger partial charge in [0.05, 0.1) is 10.5 Å². The molecule has 1 atom stereocenters. The van der Waals surface area contributed by atoms with Crippen LogP contribution in [0.3, 0.4) is 0 Å². The number of ketones is 1. The lowest BCUT2D eigenvalue weighted by molar-refractivity contribution is -0.384. The molecule has 0 bridgehead atoms. The van der Waals surface area contributed by atoms with Crippen LogP contribution in [0.4, 0.5) is 5.69 Å². The van der Waals surface area contributed by atoms with Gasteiger partial charge in [0.2, 0.25) is 5.78 Å². The SMILES string of the molecule is Cc1ccc(C(=O)[C@@H](OC(=O)c2ccc([N+](=O)[O-])cc2)c2ccccc2)cc1. The standard InChI is InChI=1S/C22H17NO5/c1-15-7-9-16(10-8-15)20(24)21(17-5-3-2-4-6-17)28-22(25)18-11-13-19(14-12-18)23(26)27/h2-14,21H,1H3/t21-/m0/s1. The number of carbonyl (C=O) groups excluding carboxylic acids is 2. The highest BCUT2D eigenvalue weighted by atomic mass is 16.6. The Bertz CT molecular complexity index is 995. The zero-order valence-electron chi connectivity index (χ0n) is 15.1. The molecule has 0 N–H and O–H groups in total. The number of Topliss-reactive ketones (excluding diaryl/α,β-unsaturated/α-hetero) is 1. The molecule has 6 nitrogen and oxygen atoms in total. The summed E-state index contributed by atoms with van der Waals surface area (Å²) >= 11 is 0. The molecule has 6 heteroatoms. The molecule has 0 aliphatic heterocycles. The number of nitrogens with zero attached hydrogens (tertiary/aromatic N) is 1. The molecule has 0 aliphatic carbocycles. The third kappa shape index (κ3) is 4.29. The van der Waals surface area contributed by atoms with Crippen LogP contribution in [0.1, 0.15) is 37.9 Å². The third-order valence-electron chi connectivity index (χ3n) is 4.22. The number of rotatable bonds is 6. The predicted octanol–water partition coefficient (Wildman–Crippen LogP) is 4.68. The topological polar surface area (TPSA) is 86.5 Å². The average Bonchev–Trinajstić information content (AvgIpc) is 2.72. The normalized spacial score (nSPS) is 11.5. The Morgan fingerprint density at radius 3 is 2.00 bits per heavy atom. The van der Waals surface area contributed by atoms with Crippen LogP contribution in [-0.2, 0) is 4.74 Å².